The number of aliphatic hydroxyl groups excluding tert-OH is 1. The van der Waals surface area contributed by atoms with Gasteiger partial charge in [0.25, 0.3) is 0 Å². The van der Waals surface area contributed by atoms with Gasteiger partial charge in [-0.1, -0.05) is 44.6 Å². The van der Waals surface area contributed by atoms with E-state index in [1.165, 1.54) is 12.0 Å². The molecule has 1 saturated carbocycles. The summed E-state index contributed by atoms with van der Waals surface area (Å²) >= 11 is 0. The first-order valence-electron chi connectivity index (χ1n) is 6.60. The maximum absolute atomic E-state index is 10.3. The topological polar surface area (TPSA) is 20.2 Å². The molecule has 0 unspecified atom stereocenters. The van der Waals surface area contributed by atoms with E-state index in [9.17, 15) is 5.11 Å². The van der Waals surface area contributed by atoms with Gasteiger partial charge in [0.2, 0.25) is 0 Å². The van der Waals surface area contributed by atoms with Gasteiger partial charge in [-0.05, 0) is 31.1 Å². The van der Waals surface area contributed by atoms with Crippen LogP contribution in [-0.2, 0) is 0 Å². The summed E-state index contributed by atoms with van der Waals surface area (Å²) in [7, 11) is 0. The summed E-state index contributed by atoms with van der Waals surface area (Å²) in [5.41, 5.74) is 2.89. The van der Waals surface area contributed by atoms with Crippen LogP contribution in [0.1, 0.15) is 40.0 Å². The fourth-order valence-electron chi connectivity index (χ4n) is 3.64. The van der Waals surface area contributed by atoms with E-state index in [1.807, 2.05) is 0 Å². The van der Waals surface area contributed by atoms with E-state index in [4.69, 9.17) is 0 Å². The standard InChI is InChI=1S/C15H24O/c1-5-12-8-13-7-9(2)6-10(3)14(13)11(4)15(12)16/h8-9,11-12,14-16H,3,5-7H2,1-2,4H3/t9-,11+,12+,14+,15-/m1/s1. The molecule has 0 aliphatic heterocycles. The molecule has 2 aliphatic carbocycles. The highest BCUT2D eigenvalue weighted by Gasteiger charge is 2.39. The zero-order valence-electron chi connectivity index (χ0n) is 10.7. The van der Waals surface area contributed by atoms with Crippen LogP contribution < -0.4 is 0 Å². The van der Waals surface area contributed by atoms with Crippen molar-refractivity contribution in [3.8, 4) is 0 Å². The number of rotatable bonds is 1. The highest BCUT2D eigenvalue weighted by Crippen LogP contribution is 2.46. The van der Waals surface area contributed by atoms with Crippen LogP contribution in [0, 0.1) is 23.7 Å². The summed E-state index contributed by atoms with van der Waals surface area (Å²) in [6, 6.07) is 0. The van der Waals surface area contributed by atoms with Gasteiger partial charge < -0.3 is 5.11 Å². The minimum atomic E-state index is -0.177. The minimum absolute atomic E-state index is 0.177. The summed E-state index contributed by atoms with van der Waals surface area (Å²) in [4.78, 5) is 0. The fraction of sp³-hybridized carbons (Fsp3) is 0.733. The lowest BCUT2D eigenvalue weighted by Gasteiger charge is -2.43. The van der Waals surface area contributed by atoms with Crippen molar-refractivity contribution in [2.45, 2.75) is 46.1 Å². The number of fused-ring (bicyclic) bond motifs is 1. The Hall–Kier alpha value is -0.560. The quantitative estimate of drug-likeness (QED) is 0.670. The van der Waals surface area contributed by atoms with E-state index < -0.39 is 0 Å². The second-order valence-corrected chi connectivity index (χ2v) is 5.81. The molecule has 0 spiro atoms. The van der Waals surface area contributed by atoms with Crippen molar-refractivity contribution >= 4 is 0 Å². The number of hydrogen-bond donors (Lipinski definition) is 1. The summed E-state index contributed by atoms with van der Waals surface area (Å²) < 4.78 is 0. The summed E-state index contributed by atoms with van der Waals surface area (Å²) in [6.45, 7) is 10.9. The van der Waals surface area contributed by atoms with Gasteiger partial charge in [-0.2, -0.15) is 0 Å². The molecule has 16 heavy (non-hydrogen) atoms. The first-order valence-corrected chi connectivity index (χ1v) is 6.60. The largest absolute Gasteiger partial charge is 0.392 e. The van der Waals surface area contributed by atoms with Crippen LogP contribution in [0.3, 0.4) is 0 Å². The molecule has 1 fully saturated rings. The molecular weight excluding hydrogens is 196 g/mol. The Kier molecular flexibility index (Phi) is 3.25. The third-order valence-electron chi connectivity index (χ3n) is 4.44. The average molecular weight is 220 g/mol. The Bertz CT molecular complexity index is 315. The maximum atomic E-state index is 10.3. The highest BCUT2D eigenvalue weighted by molar-refractivity contribution is 5.29. The molecule has 0 heterocycles. The van der Waals surface area contributed by atoms with Crippen molar-refractivity contribution in [1.82, 2.24) is 0 Å². The molecule has 0 aromatic carbocycles. The van der Waals surface area contributed by atoms with E-state index in [-0.39, 0.29) is 6.10 Å². The molecule has 2 aliphatic rings. The molecule has 1 N–H and O–H groups in total. The highest BCUT2D eigenvalue weighted by atomic mass is 16.3. The fourth-order valence-corrected chi connectivity index (χ4v) is 3.64. The molecule has 0 aromatic heterocycles. The molecule has 5 atom stereocenters. The minimum Gasteiger partial charge on any atom is -0.392 e. The van der Waals surface area contributed by atoms with Crippen molar-refractivity contribution in [2.75, 3.05) is 0 Å². The second-order valence-electron chi connectivity index (χ2n) is 5.81. The Morgan fingerprint density at radius 3 is 2.69 bits per heavy atom. The Balaban J connectivity index is 2.32. The second kappa shape index (κ2) is 4.37. The van der Waals surface area contributed by atoms with E-state index >= 15 is 0 Å². The zero-order chi connectivity index (χ0) is 11.9. The molecule has 0 bridgehead atoms. The molecule has 0 aromatic rings. The predicted molar refractivity (Wildman–Crippen MR) is 68.1 cm³/mol. The monoisotopic (exact) mass is 220 g/mol. The van der Waals surface area contributed by atoms with Crippen molar-refractivity contribution in [2.24, 2.45) is 23.7 Å². The molecular formula is C15H24O. The van der Waals surface area contributed by atoms with E-state index in [0.717, 1.165) is 18.8 Å². The predicted octanol–water partition coefficient (Wildman–Crippen LogP) is 3.55. The van der Waals surface area contributed by atoms with Crippen LogP contribution in [0.5, 0.6) is 0 Å². The first kappa shape index (κ1) is 11.9. The van der Waals surface area contributed by atoms with Crippen LogP contribution >= 0.6 is 0 Å². The van der Waals surface area contributed by atoms with Gasteiger partial charge in [-0.15, -0.1) is 0 Å². The van der Waals surface area contributed by atoms with Crippen molar-refractivity contribution in [3.05, 3.63) is 23.8 Å². The Morgan fingerprint density at radius 1 is 1.38 bits per heavy atom. The molecule has 1 nitrogen and oxygen atoms in total. The number of allylic oxidation sites excluding steroid dienone is 2. The van der Waals surface area contributed by atoms with Gasteiger partial charge in [0, 0.05) is 11.8 Å². The lowest BCUT2D eigenvalue weighted by molar-refractivity contribution is 0.0455. The van der Waals surface area contributed by atoms with E-state index in [2.05, 4.69) is 33.4 Å². The number of aliphatic hydroxyl groups is 1. The Morgan fingerprint density at radius 2 is 2.06 bits per heavy atom. The maximum Gasteiger partial charge on any atom is 0.0637 e. The first-order chi connectivity index (χ1) is 7.54. The molecule has 0 saturated heterocycles. The molecule has 90 valence electrons. The average Bonchev–Trinajstić information content (AvgIpc) is 2.22. The van der Waals surface area contributed by atoms with Gasteiger partial charge >= 0.3 is 0 Å². The normalized spacial score (nSPS) is 43.9. The zero-order valence-corrected chi connectivity index (χ0v) is 10.7. The van der Waals surface area contributed by atoms with Gasteiger partial charge in [0.05, 0.1) is 6.10 Å². The van der Waals surface area contributed by atoms with Crippen LogP contribution in [0.4, 0.5) is 0 Å². The third-order valence-corrected chi connectivity index (χ3v) is 4.44. The number of hydrogen-bond acceptors (Lipinski definition) is 1. The summed E-state index contributed by atoms with van der Waals surface area (Å²) in [5, 5.41) is 10.3. The lowest BCUT2D eigenvalue weighted by atomic mass is 9.63. The molecule has 1 heteroatoms. The van der Waals surface area contributed by atoms with E-state index in [0.29, 0.717) is 17.8 Å². The molecule has 0 amide bonds. The lowest BCUT2D eigenvalue weighted by Crippen LogP contribution is -2.39. The van der Waals surface area contributed by atoms with Crippen LogP contribution in [0.25, 0.3) is 0 Å². The summed E-state index contributed by atoms with van der Waals surface area (Å²) in [5.74, 6) is 1.90. The van der Waals surface area contributed by atoms with Crippen molar-refractivity contribution in [3.63, 3.8) is 0 Å². The molecule has 0 radical (unpaired) electrons. The SMILES string of the molecule is C=C1C[C@@H](C)CC2=C[C@H](CC)[C@H](O)[C@@H](C)[C@H]12. The van der Waals surface area contributed by atoms with E-state index in [1.54, 1.807) is 5.57 Å². The van der Waals surface area contributed by atoms with Crippen molar-refractivity contribution in [1.29, 1.82) is 0 Å². The van der Waals surface area contributed by atoms with Crippen LogP contribution in [0.2, 0.25) is 0 Å². The summed E-state index contributed by atoms with van der Waals surface area (Å²) in [6.07, 6.45) is 5.55. The van der Waals surface area contributed by atoms with Gasteiger partial charge in [-0.3, -0.25) is 0 Å². The van der Waals surface area contributed by atoms with Gasteiger partial charge in [-0.25, -0.2) is 0 Å². The molecule has 2 rings (SSSR count). The van der Waals surface area contributed by atoms with Crippen molar-refractivity contribution < 1.29 is 5.11 Å². The third kappa shape index (κ3) is 1.86. The Labute approximate surface area is 99.3 Å². The smallest absolute Gasteiger partial charge is 0.0637 e. The van der Waals surface area contributed by atoms with Crippen LogP contribution in [-0.4, -0.2) is 11.2 Å². The van der Waals surface area contributed by atoms with Gasteiger partial charge in [0.1, 0.15) is 0 Å². The van der Waals surface area contributed by atoms with Crippen LogP contribution in [0.15, 0.2) is 23.8 Å². The van der Waals surface area contributed by atoms with Gasteiger partial charge in [0.15, 0.2) is 0 Å².